The molecule has 0 unspecified atom stereocenters. The number of hydrogen-bond acceptors (Lipinski definition) is 4. The minimum atomic E-state index is -0.788. The summed E-state index contributed by atoms with van der Waals surface area (Å²) in [6, 6.07) is 6.30. The molecule has 2 N–H and O–H groups in total. The highest BCUT2D eigenvalue weighted by molar-refractivity contribution is 5.70. The fourth-order valence-electron chi connectivity index (χ4n) is 5.21. The molecule has 1 aliphatic heterocycles. The summed E-state index contributed by atoms with van der Waals surface area (Å²) in [6.07, 6.45) is 4.36. The molecule has 5 nitrogen and oxygen atoms in total. The number of methoxy groups -OCH3 is 1. The number of rotatable bonds is 6. The molecule has 1 saturated heterocycles. The van der Waals surface area contributed by atoms with Gasteiger partial charge in [-0.05, 0) is 61.4 Å². The third-order valence-corrected chi connectivity index (χ3v) is 6.62. The second kappa shape index (κ2) is 6.29. The Balaban J connectivity index is 1.78. The van der Waals surface area contributed by atoms with Gasteiger partial charge in [-0.3, -0.25) is 9.69 Å². The van der Waals surface area contributed by atoms with Crippen LogP contribution in [0, 0.1) is 11.8 Å². The highest BCUT2D eigenvalue weighted by Gasteiger charge is 2.54. The first-order valence-electron chi connectivity index (χ1n) is 9.31. The predicted octanol–water partition coefficient (Wildman–Crippen LogP) is 2.06. The number of carboxylic acids is 1. The van der Waals surface area contributed by atoms with Crippen molar-refractivity contribution in [3.63, 3.8) is 0 Å². The molecule has 1 heterocycles. The number of fused-ring (bicyclic) bond motifs is 4. The normalized spacial score (nSPS) is 31.4. The highest BCUT2D eigenvalue weighted by atomic mass is 16.5. The molecule has 0 aromatic heterocycles. The van der Waals surface area contributed by atoms with E-state index in [-0.39, 0.29) is 25.0 Å². The summed E-state index contributed by atoms with van der Waals surface area (Å²) in [5.74, 6) is 0.738. The van der Waals surface area contributed by atoms with Crippen LogP contribution in [0.5, 0.6) is 5.75 Å². The van der Waals surface area contributed by atoms with Crippen LogP contribution in [0.3, 0.4) is 0 Å². The van der Waals surface area contributed by atoms with Crippen molar-refractivity contribution < 1.29 is 19.7 Å². The van der Waals surface area contributed by atoms with Crippen LogP contribution in [0.15, 0.2) is 18.2 Å². The molecule has 1 saturated carbocycles. The van der Waals surface area contributed by atoms with E-state index in [9.17, 15) is 15.0 Å². The van der Waals surface area contributed by atoms with Crippen molar-refractivity contribution in [3.05, 3.63) is 29.3 Å². The average Bonchev–Trinajstić information content (AvgIpc) is 3.40. The molecule has 2 aliphatic carbocycles. The van der Waals surface area contributed by atoms with Gasteiger partial charge in [-0.15, -0.1) is 0 Å². The largest absolute Gasteiger partial charge is 0.497 e. The van der Waals surface area contributed by atoms with Gasteiger partial charge in [0.25, 0.3) is 0 Å². The lowest BCUT2D eigenvalue weighted by molar-refractivity contribution is -0.141. The first-order valence-corrected chi connectivity index (χ1v) is 9.31. The number of carbonyl (C=O) groups is 1. The van der Waals surface area contributed by atoms with Crippen LogP contribution in [0.25, 0.3) is 0 Å². The molecule has 3 aliphatic rings. The number of carboxylic acid groups (broad SMARTS) is 1. The van der Waals surface area contributed by atoms with Crippen molar-refractivity contribution in [1.29, 1.82) is 0 Å². The van der Waals surface area contributed by atoms with Crippen LogP contribution in [0.1, 0.15) is 36.8 Å². The molecule has 5 heteroatoms. The second-order valence-electron chi connectivity index (χ2n) is 8.00. The number of ether oxygens (including phenoxy) is 1. The molecule has 1 aromatic rings. The Morgan fingerprint density at radius 2 is 2.20 bits per heavy atom. The number of aliphatic hydroxyl groups excluding tert-OH is 1. The highest BCUT2D eigenvalue weighted by Crippen LogP contribution is 2.52. The molecule has 4 rings (SSSR count). The van der Waals surface area contributed by atoms with Gasteiger partial charge in [-0.25, -0.2) is 0 Å². The van der Waals surface area contributed by atoms with E-state index in [1.807, 2.05) is 12.1 Å². The predicted molar refractivity (Wildman–Crippen MR) is 93.9 cm³/mol. The van der Waals surface area contributed by atoms with Gasteiger partial charge in [-0.1, -0.05) is 6.07 Å². The van der Waals surface area contributed by atoms with E-state index in [2.05, 4.69) is 11.0 Å². The summed E-state index contributed by atoms with van der Waals surface area (Å²) >= 11 is 0. The van der Waals surface area contributed by atoms with Crippen molar-refractivity contribution in [1.82, 2.24) is 4.90 Å². The maximum Gasteiger partial charge on any atom is 0.304 e. The Labute approximate surface area is 148 Å². The summed E-state index contributed by atoms with van der Waals surface area (Å²) in [4.78, 5) is 14.3. The fraction of sp³-hybridized carbons (Fsp3) is 0.650. The molecule has 25 heavy (non-hydrogen) atoms. The molecular formula is C20H27NO4. The van der Waals surface area contributed by atoms with Crippen LogP contribution < -0.4 is 4.74 Å². The van der Waals surface area contributed by atoms with Crippen LogP contribution in [0.4, 0.5) is 0 Å². The third-order valence-electron chi connectivity index (χ3n) is 6.62. The number of aliphatic carboxylic acids is 1. The zero-order valence-corrected chi connectivity index (χ0v) is 14.8. The summed E-state index contributed by atoms with van der Waals surface area (Å²) in [7, 11) is 1.64. The summed E-state index contributed by atoms with van der Waals surface area (Å²) in [6.45, 7) is 2.05. The van der Waals surface area contributed by atoms with E-state index in [0.29, 0.717) is 0 Å². The van der Waals surface area contributed by atoms with E-state index in [0.717, 1.165) is 43.2 Å². The van der Waals surface area contributed by atoms with Crippen LogP contribution in [-0.2, 0) is 16.6 Å². The monoisotopic (exact) mass is 345 g/mol. The number of hydrogen-bond donors (Lipinski definition) is 2. The van der Waals surface area contributed by atoms with Gasteiger partial charge in [0.2, 0.25) is 0 Å². The number of benzene rings is 1. The Morgan fingerprint density at radius 3 is 2.84 bits per heavy atom. The summed E-state index contributed by atoms with van der Waals surface area (Å²) in [5, 5.41) is 19.9. The van der Waals surface area contributed by atoms with Gasteiger partial charge in [0.1, 0.15) is 5.75 Å². The van der Waals surface area contributed by atoms with E-state index in [4.69, 9.17) is 4.74 Å². The van der Waals surface area contributed by atoms with Gasteiger partial charge in [0, 0.05) is 30.5 Å². The lowest BCUT2D eigenvalue weighted by atomic mass is 9.56. The van der Waals surface area contributed by atoms with Gasteiger partial charge >= 0.3 is 5.97 Å². The number of likely N-dealkylation sites (tertiary alicyclic amines) is 1. The second-order valence-corrected chi connectivity index (χ2v) is 8.00. The van der Waals surface area contributed by atoms with E-state index in [1.165, 1.54) is 18.4 Å². The minimum Gasteiger partial charge on any atom is -0.497 e. The minimum absolute atomic E-state index is 0.0318. The molecule has 2 fully saturated rings. The Kier molecular flexibility index (Phi) is 4.24. The van der Waals surface area contributed by atoms with Crippen molar-refractivity contribution >= 4 is 5.97 Å². The fourth-order valence-corrected chi connectivity index (χ4v) is 5.21. The Hall–Kier alpha value is -1.59. The zero-order chi connectivity index (χ0) is 17.6. The van der Waals surface area contributed by atoms with Gasteiger partial charge < -0.3 is 14.9 Å². The molecule has 3 atom stereocenters. The Morgan fingerprint density at radius 1 is 1.40 bits per heavy atom. The summed E-state index contributed by atoms with van der Waals surface area (Å²) < 4.78 is 5.40. The van der Waals surface area contributed by atoms with E-state index in [1.54, 1.807) is 7.11 Å². The lowest BCUT2D eigenvalue weighted by Crippen LogP contribution is -2.61. The summed E-state index contributed by atoms with van der Waals surface area (Å²) in [5.41, 5.74) is 1.81. The van der Waals surface area contributed by atoms with E-state index >= 15 is 0 Å². The number of aliphatic hydroxyl groups is 1. The quantitative estimate of drug-likeness (QED) is 0.826. The first kappa shape index (κ1) is 16.9. The van der Waals surface area contributed by atoms with Crippen molar-refractivity contribution in [3.8, 4) is 5.75 Å². The zero-order valence-electron chi connectivity index (χ0n) is 14.8. The lowest BCUT2D eigenvalue weighted by Gasteiger charge is -2.56. The van der Waals surface area contributed by atoms with Gasteiger partial charge in [0.15, 0.2) is 0 Å². The van der Waals surface area contributed by atoms with Crippen molar-refractivity contribution in [2.45, 2.75) is 43.6 Å². The smallest absolute Gasteiger partial charge is 0.304 e. The molecule has 0 amide bonds. The Bertz CT molecular complexity index is 672. The van der Waals surface area contributed by atoms with Crippen molar-refractivity contribution in [2.24, 2.45) is 11.8 Å². The van der Waals surface area contributed by atoms with Crippen LogP contribution in [-0.4, -0.2) is 53.9 Å². The van der Waals surface area contributed by atoms with Crippen LogP contribution in [0.2, 0.25) is 0 Å². The SMILES string of the molecule is COc1ccc2c(c1)[C@]1(CC(=O)O)CCN(CC3CC3)[C@H](C2)[C@@H]1CO. The number of nitrogens with zero attached hydrogens (tertiary/aromatic N) is 1. The van der Waals surface area contributed by atoms with Crippen LogP contribution >= 0.6 is 0 Å². The molecule has 0 radical (unpaired) electrons. The van der Waals surface area contributed by atoms with Gasteiger partial charge in [-0.2, -0.15) is 0 Å². The molecule has 2 bridgehead atoms. The third kappa shape index (κ3) is 2.83. The van der Waals surface area contributed by atoms with Crippen molar-refractivity contribution in [2.75, 3.05) is 26.8 Å². The molecule has 0 spiro atoms. The average molecular weight is 345 g/mol. The number of piperidine rings is 1. The topological polar surface area (TPSA) is 70.0 Å². The maximum absolute atomic E-state index is 11.7. The first-order chi connectivity index (χ1) is 12.1. The molecule has 1 aromatic carbocycles. The molecular weight excluding hydrogens is 318 g/mol. The van der Waals surface area contributed by atoms with Gasteiger partial charge in [0.05, 0.1) is 13.5 Å². The standard InChI is InChI=1S/C20H27NO4/c1-25-15-5-4-14-8-18-17(12-22)20(10-19(23)24,16(14)9-15)6-7-21(18)11-13-2-3-13/h4-5,9,13,17-18,22H,2-3,6-8,10-12H2,1H3,(H,23,24)/t17-,18+,20+/m0/s1. The molecule has 136 valence electrons. The van der Waals surface area contributed by atoms with E-state index < -0.39 is 11.4 Å². The maximum atomic E-state index is 11.7.